The van der Waals surface area contributed by atoms with Gasteiger partial charge in [0.15, 0.2) is 23.9 Å². The minimum absolute atomic E-state index is 0.214. The summed E-state index contributed by atoms with van der Waals surface area (Å²) < 4.78 is 16.2. The molecule has 0 aliphatic heterocycles. The lowest BCUT2D eigenvalue weighted by molar-refractivity contribution is 0.233. The Bertz CT molecular complexity index is 818. The summed E-state index contributed by atoms with van der Waals surface area (Å²) in [6.07, 6.45) is 1.00. The molecular weight excluding hydrogens is 330 g/mol. The van der Waals surface area contributed by atoms with Gasteiger partial charge >= 0.3 is 0 Å². The van der Waals surface area contributed by atoms with Crippen molar-refractivity contribution in [3.8, 4) is 11.5 Å². The van der Waals surface area contributed by atoms with E-state index >= 15 is 0 Å². The summed E-state index contributed by atoms with van der Waals surface area (Å²) >= 11 is 0. The minimum Gasteiger partial charge on any atom is -0.493 e. The van der Waals surface area contributed by atoms with Crippen LogP contribution in [0.4, 0.5) is 0 Å². The minimum atomic E-state index is 0.214. The maximum absolute atomic E-state index is 5.72. The van der Waals surface area contributed by atoms with Gasteiger partial charge in [0, 0.05) is 6.54 Å². The van der Waals surface area contributed by atoms with Gasteiger partial charge < -0.3 is 19.3 Å². The monoisotopic (exact) mass is 353 g/mol. The first-order chi connectivity index (χ1) is 12.7. The second kappa shape index (κ2) is 9.01. The van der Waals surface area contributed by atoms with Crippen LogP contribution in [0, 0.1) is 6.92 Å². The molecule has 1 N–H and O–H groups in total. The second-order valence-electron chi connectivity index (χ2n) is 5.92. The van der Waals surface area contributed by atoms with E-state index in [0.717, 1.165) is 25.1 Å². The molecule has 26 heavy (non-hydrogen) atoms. The van der Waals surface area contributed by atoms with E-state index < -0.39 is 0 Å². The molecule has 0 fully saturated rings. The average Bonchev–Trinajstić information content (AvgIpc) is 3.10. The maximum Gasteiger partial charge on any atom is 0.264 e. The molecule has 0 aliphatic carbocycles. The van der Waals surface area contributed by atoms with E-state index in [4.69, 9.17) is 14.0 Å². The molecule has 1 aromatic heterocycles. The highest BCUT2D eigenvalue weighted by atomic mass is 16.5. The maximum atomic E-state index is 5.72. The Morgan fingerprint density at radius 2 is 1.88 bits per heavy atom. The third kappa shape index (κ3) is 5.07. The normalized spacial score (nSPS) is 10.7. The van der Waals surface area contributed by atoms with Gasteiger partial charge in [-0.15, -0.1) is 0 Å². The van der Waals surface area contributed by atoms with Crippen molar-refractivity contribution in [1.82, 2.24) is 15.5 Å². The number of benzene rings is 2. The highest BCUT2D eigenvalue weighted by Crippen LogP contribution is 2.28. The van der Waals surface area contributed by atoms with Crippen molar-refractivity contribution >= 4 is 0 Å². The summed E-state index contributed by atoms with van der Waals surface area (Å²) in [7, 11) is 1.63. The van der Waals surface area contributed by atoms with Crippen LogP contribution in [0.15, 0.2) is 53.1 Å². The third-order valence-electron chi connectivity index (χ3n) is 3.91. The average molecular weight is 353 g/mol. The van der Waals surface area contributed by atoms with Crippen LogP contribution in [-0.2, 0) is 19.6 Å². The standard InChI is InChI=1S/C20H23N3O3/c1-15-22-20(26-23-15)14-25-18-9-8-17(12-19(18)24-2)13-21-11-10-16-6-4-3-5-7-16/h3-9,12,21H,10-11,13-14H2,1-2H3. The van der Waals surface area contributed by atoms with E-state index in [0.29, 0.717) is 23.2 Å². The Hall–Kier alpha value is -2.86. The molecule has 0 spiro atoms. The molecule has 0 radical (unpaired) electrons. The largest absolute Gasteiger partial charge is 0.493 e. The molecule has 0 atom stereocenters. The van der Waals surface area contributed by atoms with Crippen molar-refractivity contribution in [3.05, 3.63) is 71.4 Å². The fourth-order valence-electron chi connectivity index (χ4n) is 2.59. The van der Waals surface area contributed by atoms with Gasteiger partial charge in [-0.1, -0.05) is 41.6 Å². The van der Waals surface area contributed by atoms with E-state index in [1.165, 1.54) is 5.56 Å². The lowest BCUT2D eigenvalue weighted by atomic mass is 10.1. The second-order valence-corrected chi connectivity index (χ2v) is 5.92. The molecule has 0 aliphatic rings. The number of ether oxygens (including phenoxy) is 2. The Labute approximate surface area is 153 Å². The zero-order valence-corrected chi connectivity index (χ0v) is 15.1. The summed E-state index contributed by atoms with van der Waals surface area (Å²) in [5.74, 6) is 2.36. The molecule has 136 valence electrons. The fourth-order valence-corrected chi connectivity index (χ4v) is 2.59. The number of nitrogens with zero attached hydrogens (tertiary/aromatic N) is 2. The molecule has 0 amide bonds. The van der Waals surface area contributed by atoms with Crippen LogP contribution < -0.4 is 14.8 Å². The molecule has 0 unspecified atom stereocenters. The van der Waals surface area contributed by atoms with Gasteiger partial charge in [0.2, 0.25) is 0 Å². The summed E-state index contributed by atoms with van der Waals surface area (Å²) in [6.45, 7) is 3.67. The number of nitrogens with one attached hydrogen (secondary N) is 1. The van der Waals surface area contributed by atoms with Crippen molar-refractivity contribution in [2.75, 3.05) is 13.7 Å². The molecule has 0 bridgehead atoms. The Kier molecular flexibility index (Phi) is 6.22. The van der Waals surface area contributed by atoms with Crippen molar-refractivity contribution in [2.24, 2.45) is 0 Å². The van der Waals surface area contributed by atoms with Crippen molar-refractivity contribution in [2.45, 2.75) is 26.5 Å². The van der Waals surface area contributed by atoms with E-state index in [9.17, 15) is 0 Å². The van der Waals surface area contributed by atoms with E-state index in [-0.39, 0.29) is 6.61 Å². The number of aryl methyl sites for hydroxylation is 1. The molecular formula is C20H23N3O3. The van der Waals surface area contributed by atoms with E-state index in [1.807, 2.05) is 24.3 Å². The van der Waals surface area contributed by atoms with Crippen LogP contribution in [0.25, 0.3) is 0 Å². The quantitative estimate of drug-likeness (QED) is 0.595. The van der Waals surface area contributed by atoms with Gasteiger partial charge in [0.25, 0.3) is 5.89 Å². The van der Waals surface area contributed by atoms with Gasteiger partial charge in [0.1, 0.15) is 0 Å². The van der Waals surface area contributed by atoms with Crippen LogP contribution in [0.3, 0.4) is 0 Å². The zero-order chi connectivity index (χ0) is 18.2. The molecule has 6 nitrogen and oxygen atoms in total. The predicted octanol–water partition coefficient (Wildman–Crippen LogP) is 3.30. The van der Waals surface area contributed by atoms with Crippen LogP contribution >= 0.6 is 0 Å². The molecule has 3 rings (SSSR count). The van der Waals surface area contributed by atoms with Gasteiger partial charge in [-0.25, -0.2) is 0 Å². The number of hydrogen-bond donors (Lipinski definition) is 1. The van der Waals surface area contributed by atoms with Gasteiger partial charge in [0.05, 0.1) is 7.11 Å². The van der Waals surface area contributed by atoms with Crippen molar-refractivity contribution < 1.29 is 14.0 Å². The first-order valence-electron chi connectivity index (χ1n) is 8.58. The van der Waals surface area contributed by atoms with E-state index in [2.05, 4.69) is 39.7 Å². The number of rotatable bonds is 9. The van der Waals surface area contributed by atoms with Gasteiger partial charge in [-0.3, -0.25) is 0 Å². The third-order valence-corrected chi connectivity index (χ3v) is 3.91. The molecule has 0 saturated heterocycles. The first-order valence-corrected chi connectivity index (χ1v) is 8.58. The van der Waals surface area contributed by atoms with Gasteiger partial charge in [-0.2, -0.15) is 4.98 Å². The summed E-state index contributed by atoms with van der Waals surface area (Å²) in [4.78, 5) is 4.12. The van der Waals surface area contributed by atoms with Crippen molar-refractivity contribution in [1.29, 1.82) is 0 Å². The Morgan fingerprint density at radius 3 is 2.62 bits per heavy atom. The highest BCUT2D eigenvalue weighted by Gasteiger charge is 2.09. The molecule has 1 heterocycles. The van der Waals surface area contributed by atoms with Crippen LogP contribution in [0.1, 0.15) is 22.8 Å². The summed E-state index contributed by atoms with van der Waals surface area (Å²) in [6, 6.07) is 16.3. The zero-order valence-electron chi connectivity index (χ0n) is 15.1. The molecule has 3 aromatic rings. The number of aromatic nitrogens is 2. The van der Waals surface area contributed by atoms with Crippen LogP contribution in [0.2, 0.25) is 0 Å². The topological polar surface area (TPSA) is 69.4 Å². The van der Waals surface area contributed by atoms with Crippen LogP contribution in [-0.4, -0.2) is 23.8 Å². The molecule has 0 saturated carbocycles. The number of hydrogen-bond acceptors (Lipinski definition) is 6. The SMILES string of the molecule is COc1cc(CNCCc2ccccc2)ccc1OCc1nc(C)no1. The van der Waals surface area contributed by atoms with Gasteiger partial charge in [-0.05, 0) is 43.1 Å². The van der Waals surface area contributed by atoms with Crippen LogP contribution in [0.5, 0.6) is 11.5 Å². The lowest BCUT2D eigenvalue weighted by Crippen LogP contribution is -2.16. The van der Waals surface area contributed by atoms with E-state index in [1.54, 1.807) is 14.0 Å². The first kappa shape index (κ1) is 17.9. The van der Waals surface area contributed by atoms with Crippen molar-refractivity contribution in [3.63, 3.8) is 0 Å². The molecule has 2 aromatic carbocycles. The highest BCUT2D eigenvalue weighted by molar-refractivity contribution is 5.43. The smallest absolute Gasteiger partial charge is 0.264 e. The number of methoxy groups -OCH3 is 1. The predicted molar refractivity (Wildman–Crippen MR) is 98.2 cm³/mol. The summed E-state index contributed by atoms with van der Waals surface area (Å²) in [5.41, 5.74) is 2.47. The lowest BCUT2D eigenvalue weighted by Gasteiger charge is -2.11. The molecule has 6 heteroatoms. The Morgan fingerprint density at radius 1 is 1.04 bits per heavy atom. The Balaban J connectivity index is 1.51. The fraction of sp³-hybridized carbons (Fsp3) is 0.300. The summed E-state index contributed by atoms with van der Waals surface area (Å²) in [5, 5.41) is 7.20.